The highest BCUT2D eigenvalue weighted by Crippen LogP contribution is 2.49. The quantitative estimate of drug-likeness (QED) is 0.151. The van der Waals surface area contributed by atoms with Crippen molar-refractivity contribution < 1.29 is 0 Å². The average molecular weight is 705 g/mol. The molecule has 2 nitrogen and oxygen atoms in total. The minimum atomic E-state index is -0.0122. The van der Waals surface area contributed by atoms with E-state index in [9.17, 15) is 0 Å². The maximum Gasteiger partial charge on any atom is 0.0701 e. The molecule has 0 saturated carbocycles. The van der Waals surface area contributed by atoms with Crippen molar-refractivity contribution in [3.8, 4) is 39.2 Å². The number of allylic oxidation sites excluding steroid dienone is 1. The van der Waals surface area contributed by atoms with Crippen molar-refractivity contribution in [3.05, 3.63) is 216 Å². The molecule has 2 heterocycles. The number of aromatic nitrogens is 2. The molecule has 0 atom stereocenters. The molecule has 0 saturated heterocycles. The van der Waals surface area contributed by atoms with Crippen molar-refractivity contribution in [2.24, 2.45) is 0 Å². The Morgan fingerprint density at radius 3 is 2.05 bits per heavy atom. The summed E-state index contributed by atoms with van der Waals surface area (Å²) in [6, 6.07) is 66.3. The first-order chi connectivity index (χ1) is 27.0. The lowest BCUT2D eigenvalue weighted by Crippen LogP contribution is -2.14. The Labute approximate surface area is 322 Å². The largest absolute Gasteiger partial charge is 0.309 e. The fourth-order valence-corrected chi connectivity index (χ4v) is 8.70. The Kier molecular flexibility index (Phi) is 7.92. The Morgan fingerprint density at radius 1 is 0.545 bits per heavy atom. The average Bonchev–Trinajstić information content (AvgIpc) is 3.69. The normalized spacial score (nSPS) is 13.2. The predicted molar refractivity (Wildman–Crippen MR) is 231 cm³/mol. The number of para-hydroxylation sites is 2. The second kappa shape index (κ2) is 13.3. The van der Waals surface area contributed by atoms with E-state index >= 15 is 0 Å². The van der Waals surface area contributed by atoms with Gasteiger partial charge in [0.25, 0.3) is 0 Å². The van der Waals surface area contributed by atoms with Crippen LogP contribution in [0.25, 0.3) is 72.7 Å². The SMILES string of the molecule is CC1(C)c2ccccc2-c2cc(/C=C(/Cc3ccc(-c4ccccn4)cc3)c3ccc(-c4ccc5c(c4)c4ccccc4n5-c4ccccc4)cc3)ccc21. The van der Waals surface area contributed by atoms with E-state index in [1.807, 2.05) is 18.3 Å². The summed E-state index contributed by atoms with van der Waals surface area (Å²) >= 11 is 0. The van der Waals surface area contributed by atoms with Crippen LogP contribution < -0.4 is 0 Å². The zero-order chi connectivity index (χ0) is 36.9. The highest BCUT2D eigenvalue weighted by atomic mass is 15.0. The van der Waals surface area contributed by atoms with Gasteiger partial charge in [-0.1, -0.05) is 153 Å². The van der Waals surface area contributed by atoms with Gasteiger partial charge in [-0.3, -0.25) is 4.98 Å². The van der Waals surface area contributed by atoms with Crippen molar-refractivity contribution >= 4 is 33.5 Å². The van der Waals surface area contributed by atoms with Gasteiger partial charge in [-0.25, -0.2) is 0 Å². The molecular weight excluding hydrogens is 665 g/mol. The molecule has 0 bridgehead atoms. The fourth-order valence-electron chi connectivity index (χ4n) is 8.70. The Balaban J connectivity index is 1.03. The van der Waals surface area contributed by atoms with Crippen LogP contribution in [0, 0.1) is 0 Å². The number of benzene rings is 7. The van der Waals surface area contributed by atoms with Gasteiger partial charge in [0.1, 0.15) is 0 Å². The highest BCUT2D eigenvalue weighted by molar-refractivity contribution is 6.10. The summed E-state index contributed by atoms with van der Waals surface area (Å²) in [4.78, 5) is 4.56. The molecule has 0 unspecified atom stereocenters. The summed E-state index contributed by atoms with van der Waals surface area (Å²) in [6.07, 6.45) is 5.05. The topological polar surface area (TPSA) is 17.8 Å². The van der Waals surface area contributed by atoms with Gasteiger partial charge in [0, 0.05) is 33.6 Å². The van der Waals surface area contributed by atoms with Crippen LogP contribution in [0.2, 0.25) is 0 Å². The van der Waals surface area contributed by atoms with Crippen molar-refractivity contribution in [2.75, 3.05) is 0 Å². The second-order valence-electron chi connectivity index (χ2n) is 15.2. The van der Waals surface area contributed by atoms with Crippen LogP contribution in [0.5, 0.6) is 0 Å². The maximum absolute atomic E-state index is 4.56. The number of hydrogen-bond acceptors (Lipinski definition) is 1. The third-order valence-corrected chi connectivity index (χ3v) is 11.5. The summed E-state index contributed by atoms with van der Waals surface area (Å²) in [5.41, 5.74) is 18.6. The summed E-state index contributed by atoms with van der Waals surface area (Å²) in [5.74, 6) is 0. The van der Waals surface area contributed by atoms with Crippen LogP contribution in [0.4, 0.5) is 0 Å². The van der Waals surface area contributed by atoms with E-state index in [-0.39, 0.29) is 5.41 Å². The van der Waals surface area contributed by atoms with E-state index < -0.39 is 0 Å². The molecule has 0 N–H and O–H groups in total. The first-order valence-electron chi connectivity index (χ1n) is 19.2. The summed E-state index contributed by atoms with van der Waals surface area (Å²) in [5, 5.41) is 2.52. The van der Waals surface area contributed by atoms with Gasteiger partial charge < -0.3 is 4.57 Å². The number of rotatable bonds is 7. The van der Waals surface area contributed by atoms with Gasteiger partial charge in [-0.05, 0) is 111 Å². The third kappa shape index (κ3) is 5.79. The monoisotopic (exact) mass is 704 g/mol. The summed E-state index contributed by atoms with van der Waals surface area (Å²) in [6.45, 7) is 4.68. The molecule has 7 aromatic carbocycles. The predicted octanol–water partition coefficient (Wildman–Crippen LogP) is 13.6. The van der Waals surface area contributed by atoms with Crippen LogP contribution in [-0.4, -0.2) is 9.55 Å². The molecule has 0 fully saturated rings. The van der Waals surface area contributed by atoms with Crippen molar-refractivity contribution in [3.63, 3.8) is 0 Å². The van der Waals surface area contributed by atoms with Gasteiger partial charge in [0.05, 0.1) is 16.7 Å². The molecule has 0 radical (unpaired) electrons. The molecule has 10 rings (SSSR count). The molecule has 262 valence electrons. The Morgan fingerprint density at radius 2 is 1.24 bits per heavy atom. The number of pyridine rings is 1. The number of nitrogens with zero attached hydrogens (tertiary/aromatic N) is 2. The van der Waals surface area contributed by atoms with E-state index in [2.05, 4.69) is 199 Å². The van der Waals surface area contributed by atoms with E-state index in [4.69, 9.17) is 0 Å². The molecule has 0 spiro atoms. The van der Waals surface area contributed by atoms with Gasteiger partial charge in [-0.15, -0.1) is 0 Å². The number of fused-ring (bicyclic) bond motifs is 6. The second-order valence-corrected chi connectivity index (χ2v) is 15.2. The van der Waals surface area contributed by atoms with E-state index in [1.54, 1.807) is 0 Å². The number of hydrogen-bond donors (Lipinski definition) is 0. The van der Waals surface area contributed by atoms with Crippen LogP contribution in [0.3, 0.4) is 0 Å². The van der Waals surface area contributed by atoms with Crippen LogP contribution in [-0.2, 0) is 11.8 Å². The van der Waals surface area contributed by atoms with Gasteiger partial charge in [0.15, 0.2) is 0 Å². The molecule has 2 aromatic heterocycles. The molecule has 2 heteroatoms. The summed E-state index contributed by atoms with van der Waals surface area (Å²) < 4.78 is 2.37. The standard InChI is InChI=1S/C53H40N2/c1-53(2)48-16-8-6-14-44(48)46-34-37(21-29-49(46)53)33-42(32-36-19-22-40(23-20-36)50-17-10-11-31-54-50)39-26-24-38(25-27-39)41-28-30-52-47(35-41)45-15-7-9-18-51(45)55(52)43-12-4-3-5-13-43/h3-31,33-35H,32H2,1-2H3/b42-33-. The lowest BCUT2D eigenvalue weighted by Gasteiger charge is -2.21. The van der Waals surface area contributed by atoms with Gasteiger partial charge in [0.2, 0.25) is 0 Å². The lowest BCUT2D eigenvalue weighted by molar-refractivity contribution is 0.660. The van der Waals surface area contributed by atoms with Crippen molar-refractivity contribution in [1.82, 2.24) is 9.55 Å². The Bertz CT molecular complexity index is 2880. The molecule has 55 heavy (non-hydrogen) atoms. The van der Waals surface area contributed by atoms with Crippen molar-refractivity contribution in [1.29, 1.82) is 0 Å². The van der Waals surface area contributed by atoms with E-state index in [1.165, 1.54) is 83.1 Å². The summed E-state index contributed by atoms with van der Waals surface area (Å²) in [7, 11) is 0. The minimum Gasteiger partial charge on any atom is -0.309 e. The fraction of sp³-hybridized carbons (Fsp3) is 0.0755. The smallest absolute Gasteiger partial charge is 0.0701 e. The first-order valence-corrected chi connectivity index (χ1v) is 19.2. The van der Waals surface area contributed by atoms with Crippen molar-refractivity contribution in [2.45, 2.75) is 25.7 Å². The minimum absolute atomic E-state index is 0.0122. The lowest BCUT2D eigenvalue weighted by atomic mass is 9.82. The molecular formula is C53H40N2. The van der Waals surface area contributed by atoms with Crippen LogP contribution >= 0.6 is 0 Å². The third-order valence-electron chi connectivity index (χ3n) is 11.5. The zero-order valence-electron chi connectivity index (χ0n) is 31.1. The highest BCUT2D eigenvalue weighted by Gasteiger charge is 2.34. The van der Waals surface area contributed by atoms with Gasteiger partial charge in [-0.2, -0.15) is 0 Å². The molecule has 9 aromatic rings. The molecule has 0 amide bonds. The van der Waals surface area contributed by atoms with Gasteiger partial charge >= 0.3 is 0 Å². The first kappa shape index (κ1) is 32.8. The molecule has 0 aliphatic heterocycles. The van der Waals surface area contributed by atoms with Crippen LogP contribution in [0.15, 0.2) is 188 Å². The Hall–Kier alpha value is -6.77. The van der Waals surface area contributed by atoms with E-state index in [0.29, 0.717) is 0 Å². The maximum atomic E-state index is 4.56. The molecule has 1 aliphatic carbocycles. The zero-order valence-corrected chi connectivity index (χ0v) is 31.1. The van der Waals surface area contributed by atoms with E-state index in [0.717, 1.165) is 17.7 Å². The molecule has 1 aliphatic rings. The van der Waals surface area contributed by atoms with Crippen LogP contribution in [0.1, 0.15) is 41.7 Å².